The van der Waals surface area contributed by atoms with Gasteiger partial charge in [-0.3, -0.25) is 0 Å². The molecule has 0 aliphatic carbocycles. The summed E-state index contributed by atoms with van der Waals surface area (Å²) in [4.78, 5) is 11.9. The molecular weight excluding hydrogens is 320 g/mol. The van der Waals surface area contributed by atoms with E-state index in [0.29, 0.717) is 20.8 Å². The van der Waals surface area contributed by atoms with E-state index in [1.165, 1.54) is 29.6 Å². The number of halogens is 1. The number of carbonyl (C=O) groups is 1. The molecule has 1 aromatic heterocycles. The Balaban J connectivity index is 2.33. The highest BCUT2D eigenvalue weighted by Crippen LogP contribution is 2.34. The number of aromatic nitrogens is 4. The van der Waals surface area contributed by atoms with Gasteiger partial charge in [0.05, 0.1) is 5.56 Å². The van der Waals surface area contributed by atoms with Crippen molar-refractivity contribution in [1.29, 1.82) is 0 Å². The number of thioether (sulfide) groups is 2. The predicted octanol–water partition coefficient (Wildman–Crippen LogP) is 2.58. The van der Waals surface area contributed by atoms with Crippen molar-refractivity contribution in [3.63, 3.8) is 0 Å². The van der Waals surface area contributed by atoms with Gasteiger partial charge in [0.15, 0.2) is 0 Å². The van der Waals surface area contributed by atoms with E-state index in [-0.39, 0.29) is 5.56 Å². The first-order chi connectivity index (χ1) is 9.54. The van der Waals surface area contributed by atoms with Gasteiger partial charge in [0.1, 0.15) is 0 Å². The van der Waals surface area contributed by atoms with Gasteiger partial charge in [-0.1, -0.05) is 23.4 Å². The van der Waals surface area contributed by atoms with Gasteiger partial charge in [0.2, 0.25) is 5.16 Å². The van der Waals surface area contributed by atoms with E-state index in [9.17, 15) is 9.90 Å². The Morgan fingerprint density at radius 3 is 2.80 bits per heavy atom. The molecule has 20 heavy (non-hydrogen) atoms. The smallest absolute Gasteiger partial charge is 0.336 e. The number of carboxylic acid groups (broad SMARTS) is 1. The lowest BCUT2D eigenvalue weighted by molar-refractivity contribution is 0.0693. The van der Waals surface area contributed by atoms with Crippen LogP contribution in [0, 0.1) is 0 Å². The number of aryl methyl sites for hydroxylation is 1. The van der Waals surface area contributed by atoms with Gasteiger partial charge in [-0.15, -0.1) is 16.9 Å². The van der Waals surface area contributed by atoms with Crippen molar-refractivity contribution in [2.24, 2.45) is 7.05 Å². The van der Waals surface area contributed by atoms with Gasteiger partial charge in [0.25, 0.3) is 0 Å². The van der Waals surface area contributed by atoms with Crippen molar-refractivity contribution in [3.8, 4) is 0 Å². The fraction of sp³-hybridized carbons (Fsp3) is 0.273. The molecule has 6 nitrogen and oxygen atoms in total. The molecule has 0 aliphatic heterocycles. The summed E-state index contributed by atoms with van der Waals surface area (Å²) in [7, 11) is 1.74. The molecule has 0 atom stereocenters. The molecule has 0 fully saturated rings. The van der Waals surface area contributed by atoms with Crippen LogP contribution in [0.2, 0.25) is 5.02 Å². The van der Waals surface area contributed by atoms with E-state index in [2.05, 4.69) is 15.5 Å². The average Bonchev–Trinajstić information content (AvgIpc) is 2.82. The maximum atomic E-state index is 11.2. The summed E-state index contributed by atoms with van der Waals surface area (Å²) in [6.45, 7) is 0. The molecule has 0 radical (unpaired) electrons. The molecule has 0 saturated heterocycles. The van der Waals surface area contributed by atoms with Crippen LogP contribution in [0.25, 0.3) is 0 Å². The zero-order valence-corrected chi connectivity index (χ0v) is 13.1. The maximum Gasteiger partial charge on any atom is 0.336 e. The molecule has 0 amide bonds. The Morgan fingerprint density at radius 1 is 1.50 bits per heavy atom. The van der Waals surface area contributed by atoms with Gasteiger partial charge >= 0.3 is 5.97 Å². The van der Waals surface area contributed by atoms with Crippen molar-refractivity contribution in [2.45, 2.75) is 15.8 Å². The molecule has 0 bridgehead atoms. The number of hydrogen-bond donors (Lipinski definition) is 1. The Labute approximate surface area is 128 Å². The Hall–Kier alpha value is -1.25. The van der Waals surface area contributed by atoms with Gasteiger partial charge < -0.3 is 5.11 Å². The van der Waals surface area contributed by atoms with Crippen LogP contribution in [0.3, 0.4) is 0 Å². The number of rotatable bonds is 5. The van der Waals surface area contributed by atoms with Crippen LogP contribution in [0.15, 0.2) is 22.2 Å². The summed E-state index contributed by atoms with van der Waals surface area (Å²) in [6.07, 6.45) is 1.83. The van der Waals surface area contributed by atoms with Crippen molar-refractivity contribution in [2.75, 3.05) is 6.26 Å². The van der Waals surface area contributed by atoms with Crippen LogP contribution < -0.4 is 0 Å². The van der Waals surface area contributed by atoms with Gasteiger partial charge in [-0.05, 0) is 34.4 Å². The van der Waals surface area contributed by atoms with Crippen molar-refractivity contribution in [1.82, 2.24) is 20.2 Å². The number of hydrogen-bond acceptors (Lipinski definition) is 6. The third-order valence-electron chi connectivity index (χ3n) is 2.56. The third-order valence-corrected chi connectivity index (χ3v) is 4.83. The van der Waals surface area contributed by atoms with Gasteiger partial charge in [0, 0.05) is 22.7 Å². The van der Waals surface area contributed by atoms with Crippen molar-refractivity contribution in [3.05, 3.63) is 28.3 Å². The van der Waals surface area contributed by atoms with Crippen molar-refractivity contribution < 1.29 is 9.90 Å². The lowest BCUT2D eigenvalue weighted by Crippen LogP contribution is -2.02. The van der Waals surface area contributed by atoms with Crippen LogP contribution in [-0.2, 0) is 12.8 Å². The number of aromatic carboxylic acids is 1. The summed E-state index contributed by atoms with van der Waals surface area (Å²) in [5, 5.41) is 21.6. The molecule has 2 aromatic rings. The van der Waals surface area contributed by atoms with Crippen LogP contribution in [0.4, 0.5) is 0 Å². The normalized spacial score (nSPS) is 10.8. The summed E-state index contributed by atoms with van der Waals surface area (Å²) in [5.41, 5.74) is 1.04. The fourth-order valence-electron chi connectivity index (χ4n) is 1.62. The second kappa shape index (κ2) is 6.47. The minimum absolute atomic E-state index is 0.258. The summed E-state index contributed by atoms with van der Waals surface area (Å²) < 4.78 is 1.55. The predicted molar refractivity (Wildman–Crippen MR) is 78.6 cm³/mol. The quantitative estimate of drug-likeness (QED) is 0.844. The second-order valence-electron chi connectivity index (χ2n) is 3.79. The maximum absolute atomic E-state index is 11.2. The lowest BCUT2D eigenvalue weighted by atomic mass is 10.1. The van der Waals surface area contributed by atoms with Crippen LogP contribution >= 0.6 is 35.1 Å². The zero-order valence-electron chi connectivity index (χ0n) is 10.7. The standard InChI is InChI=1S/C11H11ClN4O2S2/c1-16-11(13-14-15-16)20-5-7-8(12)4-3-6(10(17)18)9(7)19-2/h3-4H,5H2,1-2H3,(H,17,18). The molecule has 0 unspecified atom stereocenters. The summed E-state index contributed by atoms with van der Waals surface area (Å²) in [6, 6.07) is 3.13. The molecule has 0 saturated carbocycles. The number of benzene rings is 1. The first kappa shape index (κ1) is 15.1. The number of nitrogens with zero attached hydrogens (tertiary/aromatic N) is 4. The number of tetrazole rings is 1. The third kappa shape index (κ3) is 3.08. The lowest BCUT2D eigenvalue weighted by Gasteiger charge is -2.11. The molecule has 1 heterocycles. The fourth-order valence-corrected chi connectivity index (χ4v) is 3.77. The largest absolute Gasteiger partial charge is 0.478 e. The van der Waals surface area contributed by atoms with E-state index >= 15 is 0 Å². The molecule has 106 valence electrons. The van der Waals surface area contributed by atoms with Crippen molar-refractivity contribution >= 4 is 41.1 Å². The zero-order chi connectivity index (χ0) is 14.7. The van der Waals surface area contributed by atoms with E-state index in [4.69, 9.17) is 11.6 Å². The molecule has 1 aromatic carbocycles. The van der Waals surface area contributed by atoms with Crippen LogP contribution in [0.1, 0.15) is 15.9 Å². The molecule has 9 heteroatoms. The first-order valence-electron chi connectivity index (χ1n) is 5.48. The SMILES string of the molecule is CSc1c(C(=O)O)ccc(Cl)c1CSc1nnnn1C. The molecule has 2 rings (SSSR count). The highest BCUT2D eigenvalue weighted by Gasteiger charge is 2.17. The van der Waals surface area contributed by atoms with E-state index < -0.39 is 5.97 Å². The van der Waals surface area contributed by atoms with Crippen LogP contribution in [0.5, 0.6) is 0 Å². The topological polar surface area (TPSA) is 80.9 Å². The van der Waals surface area contributed by atoms with Crippen LogP contribution in [-0.4, -0.2) is 37.5 Å². The Kier molecular flexibility index (Phi) is 4.90. The van der Waals surface area contributed by atoms with E-state index in [1.807, 2.05) is 6.26 Å². The van der Waals surface area contributed by atoms with E-state index in [0.717, 1.165) is 5.56 Å². The average molecular weight is 331 g/mol. The number of carboxylic acids is 1. The first-order valence-corrected chi connectivity index (χ1v) is 8.07. The molecule has 0 aliphatic rings. The Bertz CT molecular complexity index is 647. The summed E-state index contributed by atoms with van der Waals surface area (Å²) in [5.74, 6) is -0.456. The second-order valence-corrected chi connectivity index (χ2v) is 5.95. The van der Waals surface area contributed by atoms with E-state index in [1.54, 1.807) is 17.8 Å². The minimum Gasteiger partial charge on any atom is -0.478 e. The summed E-state index contributed by atoms with van der Waals surface area (Å²) >= 11 is 8.96. The minimum atomic E-state index is -0.961. The Morgan fingerprint density at radius 2 is 2.25 bits per heavy atom. The molecular formula is C11H11ClN4O2S2. The highest BCUT2D eigenvalue weighted by molar-refractivity contribution is 7.99. The highest BCUT2D eigenvalue weighted by atomic mass is 35.5. The van der Waals surface area contributed by atoms with Gasteiger partial charge in [-0.2, -0.15) is 0 Å². The van der Waals surface area contributed by atoms with Gasteiger partial charge in [-0.25, -0.2) is 9.48 Å². The molecule has 1 N–H and O–H groups in total. The molecule has 0 spiro atoms. The monoisotopic (exact) mass is 330 g/mol.